The summed E-state index contributed by atoms with van der Waals surface area (Å²) >= 11 is 1.46. The van der Waals surface area contributed by atoms with Gasteiger partial charge in [-0.1, -0.05) is 95.0 Å². The van der Waals surface area contributed by atoms with Crippen LogP contribution in [0.5, 0.6) is 0 Å². The Kier molecular flexibility index (Phi) is 13.7. The van der Waals surface area contributed by atoms with E-state index in [0.717, 1.165) is 17.6 Å². The van der Waals surface area contributed by atoms with Crippen LogP contribution in [-0.2, 0) is 35.1 Å². The molecule has 47 heavy (non-hydrogen) atoms. The van der Waals surface area contributed by atoms with Crippen LogP contribution in [-0.4, -0.2) is 3.21 Å². The summed E-state index contributed by atoms with van der Waals surface area (Å²) < 4.78 is 6.35. The van der Waals surface area contributed by atoms with Gasteiger partial charge in [0.1, 0.15) is 0 Å². The molecule has 1 heterocycles. The van der Waals surface area contributed by atoms with E-state index in [0.29, 0.717) is 0 Å². The van der Waals surface area contributed by atoms with Gasteiger partial charge in [-0.2, -0.15) is 17.7 Å². The van der Waals surface area contributed by atoms with E-state index < -0.39 is 0 Å². The molecule has 0 unspecified atom stereocenters. The average Bonchev–Trinajstić information content (AvgIpc) is 3.82. The van der Waals surface area contributed by atoms with Crippen molar-refractivity contribution in [3.8, 4) is 0 Å². The van der Waals surface area contributed by atoms with Crippen LogP contribution >= 0.6 is 0 Å². The predicted molar refractivity (Wildman–Crippen MR) is 190 cm³/mol. The van der Waals surface area contributed by atoms with Gasteiger partial charge in [0, 0.05) is 6.26 Å². The third-order valence-corrected chi connectivity index (χ3v) is 9.51. The first-order valence-corrected chi connectivity index (χ1v) is 16.9. The third-order valence-electron chi connectivity index (χ3n) is 8.09. The minimum absolute atomic E-state index is 0. The number of hydrogen-bond donors (Lipinski definition) is 0. The van der Waals surface area contributed by atoms with Crippen molar-refractivity contribution in [1.29, 1.82) is 0 Å². The van der Waals surface area contributed by atoms with Crippen LogP contribution in [0.25, 0.3) is 27.1 Å². The van der Waals surface area contributed by atoms with E-state index in [1.54, 1.807) is 12.5 Å². The van der Waals surface area contributed by atoms with Crippen LogP contribution in [0.4, 0.5) is 0 Å². The second-order valence-electron chi connectivity index (χ2n) is 13.6. The Hall–Kier alpha value is -3.16. The molecule has 0 fully saturated rings. The Morgan fingerprint density at radius 3 is 1.55 bits per heavy atom. The molecule has 0 spiro atoms. The normalized spacial score (nSPS) is 12.2. The first-order valence-electron chi connectivity index (χ1n) is 15.6. The number of benzene rings is 4. The van der Waals surface area contributed by atoms with Crippen molar-refractivity contribution in [2.24, 2.45) is 0 Å². The summed E-state index contributed by atoms with van der Waals surface area (Å²) in [5, 5.41) is 5.48. The monoisotopic (exact) mass is 734 g/mol. The summed E-state index contributed by atoms with van der Waals surface area (Å²) in [6, 6.07) is 39.2. The van der Waals surface area contributed by atoms with Crippen LogP contribution in [0.1, 0.15) is 75.8 Å². The van der Waals surface area contributed by atoms with Gasteiger partial charge in [-0.05, 0) is 10.8 Å². The van der Waals surface area contributed by atoms with E-state index >= 15 is 0 Å². The molecule has 1 aliphatic carbocycles. The van der Waals surface area contributed by atoms with Crippen LogP contribution < -0.4 is 24.8 Å². The number of allylic oxidation sites excluding steroid dienone is 4. The van der Waals surface area contributed by atoms with E-state index in [4.69, 9.17) is 4.42 Å². The quantitative estimate of drug-likeness (QED) is 0.218. The molecule has 6 aromatic rings. The number of halogens is 2. The Bertz CT molecular complexity index is 1820. The first kappa shape index (κ1) is 38.3. The summed E-state index contributed by atoms with van der Waals surface area (Å²) in [6.07, 6.45) is 11.7. The van der Waals surface area contributed by atoms with E-state index in [-0.39, 0.29) is 35.6 Å². The molecule has 1 aliphatic rings. The molecule has 4 heteroatoms. The van der Waals surface area contributed by atoms with Crippen LogP contribution in [0.3, 0.4) is 0 Å². The fourth-order valence-electron chi connectivity index (χ4n) is 5.35. The predicted octanol–water partition coefficient (Wildman–Crippen LogP) is 5.54. The van der Waals surface area contributed by atoms with Crippen molar-refractivity contribution in [1.82, 2.24) is 0 Å². The average molecular weight is 737 g/mol. The van der Waals surface area contributed by atoms with Crippen molar-refractivity contribution >= 4 is 30.3 Å². The maximum absolute atomic E-state index is 4.93. The summed E-state index contributed by atoms with van der Waals surface area (Å²) in [5.41, 5.74) is 8.14. The topological polar surface area (TPSA) is 13.1 Å². The Labute approximate surface area is 308 Å². The zero-order valence-corrected chi connectivity index (χ0v) is 32.0. The number of hydrogen-bond acceptors (Lipinski definition) is 1. The number of furan rings is 1. The minimum atomic E-state index is 0. The van der Waals surface area contributed by atoms with E-state index in [2.05, 4.69) is 163 Å². The molecule has 1 aromatic heterocycles. The van der Waals surface area contributed by atoms with Gasteiger partial charge in [0.15, 0.2) is 0 Å². The molecule has 240 valence electrons. The second-order valence-corrected chi connectivity index (χ2v) is 14.8. The summed E-state index contributed by atoms with van der Waals surface area (Å²) in [5.74, 6) is 0. The van der Waals surface area contributed by atoms with E-state index in [1.807, 2.05) is 6.07 Å². The molecule has 0 aliphatic heterocycles. The summed E-state index contributed by atoms with van der Waals surface area (Å²) in [4.78, 5) is 0. The second kappa shape index (κ2) is 16.8. The fourth-order valence-corrected chi connectivity index (χ4v) is 6.17. The Balaban J connectivity index is 0.000000200. The molecule has 0 radical (unpaired) electrons. The molecule has 5 aromatic carbocycles. The van der Waals surface area contributed by atoms with Crippen molar-refractivity contribution in [2.75, 3.05) is 0 Å². The molecule has 0 saturated carbocycles. The molecule has 1 nitrogen and oxygen atoms in total. The van der Waals surface area contributed by atoms with Gasteiger partial charge in [0.25, 0.3) is 0 Å². The molecule has 0 amide bonds. The van der Waals surface area contributed by atoms with Crippen molar-refractivity contribution in [3.63, 3.8) is 0 Å². The van der Waals surface area contributed by atoms with Gasteiger partial charge in [-0.15, -0.1) is 45.8 Å². The van der Waals surface area contributed by atoms with Gasteiger partial charge >= 0.3 is 99.2 Å². The van der Waals surface area contributed by atoms with Crippen LogP contribution in [0.15, 0.2) is 138 Å². The van der Waals surface area contributed by atoms with Crippen LogP contribution in [0, 0.1) is 6.08 Å². The van der Waals surface area contributed by atoms with Crippen LogP contribution in [0.2, 0.25) is 0 Å². The third kappa shape index (κ3) is 9.93. The number of fused-ring (bicyclic) bond motifs is 3. The van der Waals surface area contributed by atoms with Gasteiger partial charge in [-0.25, -0.2) is 0 Å². The first-order chi connectivity index (χ1) is 21.5. The standard InChI is InChI=1S/C21H25.C13H10.C9H7O.2ClH.Zr/c1-20(2,3)16-7-9-18-14(12-16)11-15-13-17(21(4,5)6)8-10-19(15)18;1-3-7-12(8-4-1)11-13-9-5-2-6-10-13;1-2-4-8(3-1)9-5-6-10-7-9;;;/h7-13H,1-6H3;1-10H;1,3,5-7H,2H2;2*1H;/q-1;;-1;;;+2/p-2. The Morgan fingerprint density at radius 1 is 0.681 bits per heavy atom. The number of rotatable bonds is 3. The SMILES string of the molecule is CC(C)(C)c1ccc2c(c1)[cH-]c1cc(C(C)(C)C)ccc12.[C-]1=C(c2ccoc2)C=CC1.[Cl-].[Cl-].[Zr+2]=[C](c1ccccc1)c1ccccc1. The zero-order chi connectivity index (χ0) is 32.0. The van der Waals surface area contributed by atoms with Gasteiger partial charge < -0.3 is 29.2 Å². The van der Waals surface area contributed by atoms with Gasteiger partial charge in [0.05, 0.1) is 6.26 Å². The van der Waals surface area contributed by atoms with E-state index in [1.165, 1.54) is 71.2 Å². The van der Waals surface area contributed by atoms with Crippen molar-refractivity contribution in [3.05, 3.63) is 168 Å². The fraction of sp³-hybridized carbons (Fsp3) is 0.209. The van der Waals surface area contributed by atoms with Gasteiger partial charge in [0.2, 0.25) is 0 Å². The van der Waals surface area contributed by atoms with Crippen molar-refractivity contribution in [2.45, 2.75) is 58.8 Å². The molecule has 7 rings (SSSR count). The van der Waals surface area contributed by atoms with Crippen molar-refractivity contribution < 1.29 is 53.5 Å². The summed E-state index contributed by atoms with van der Waals surface area (Å²) in [6.45, 7) is 13.6. The molecule has 0 N–H and O–H groups in total. The molecular formula is C43H42Cl2OZr-2. The summed E-state index contributed by atoms with van der Waals surface area (Å²) in [7, 11) is 0. The maximum atomic E-state index is 4.93. The van der Waals surface area contributed by atoms with Gasteiger partial charge in [-0.3, -0.25) is 0 Å². The molecule has 0 bridgehead atoms. The molecule has 0 atom stereocenters. The zero-order valence-electron chi connectivity index (χ0n) is 28.1. The Morgan fingerprint density at radius 2 is 1.17 bits per heavy atom. The molecular weight excluding hydrogens is 695 g/mol. The molecule has 0 saturated heterocycles. The van der Waals surface area contributed by atoms with E-state index in [9.17, 15) is 0 Å².